The third-order valence-corrected chi connectivity index (χ3v) is 5.86. The maximum absolute atomic E-state index is 13.5. The zero-order valence-electron chi connectivity index (χ0n) is 18.4. The van der Waals surface area contributed by atoms with E-state index in [9.17, 15) is 28.7 Å². The van der Waals surface area contributed by atoms with Gasteiger partial charge < -0.3 is 9.52 Å². The number of carboxylic acid groups (broad SMARTS) is 1. The van der Waals surface area contributed by atoms with Gasteiger partial charge in [0.05, 0.1) is 12.3 Å². The lowest BCUT2D eigenvalue weighted by Gasteiger charge is -2.32. The molecule has 2 N–H and O–H groups in total. The molecule has 8 nitrogen and oxygen atoms in total. The second-order valence-electron chi connectivity index (χ2n) is 8.14. The molecule has 1 saturated carbocycles. The van der Waals surface area contributed by atoms with Crippen LogP contribution in [0.25, 0.3) is 11.3 Å². The number of hydrogen-bond donors (Lipinski definition) is 2. The van der Waals surface area contributed by atoms with Gasteiger partial charge in [0.15, 0.2) is 5.76 Å². The monoisotopic (exact) mass is 458 g/mol. The molecular formula is C24H27FN2O6. The van der Waals surface area contributed by atoms with Crippen molar-refractivity contribution in [2.45, 2.75) is 51.9 Å². The highest BCUT2D eigenvalue weighted by molar-refractivity contribution is 6.01. The molecule has 1 fully saturated rings. The second-order valence-corrected chi connectivity index (χ2v) is 8.14. The van der Waals surface area contributed by atoms with Gasteiger partial charge in [-0.3, -0.25) is 24.6 Å². The van der Waals surface area contributed by atoms with Crippen molar-refractivity contribution in [3.63, 3.8) is 0 Å². The summed E-state index contributed by atoms with van der Waals surface area (Å²) in [5.74, 6) is -4.86. The molecule has 0 bridgehead atoms. The number of imide groups is 1. The number of rotatable bonds is 7. The second kappa shape index (κ2) is 10.9. The summed E-state index contributed by atoms with van der Waals surface area (Å²) < 4.78 is 19.0. The molecule has 0 saturated heterocycles. The first kappa shape index (κ1) is 24.2. The van der Waals surface area contributed by atoms with Crippen LogP contribution in [-0.2, 0) is 14.4 Å². The predicted octanol–water partition coefficient (Wildman–Crippen LogP) is 4.17. The highest BCUT2D eigenvalue weighted by Gasteiger charge is 2.37. The summed E-state index contributed by atoms with van der Waals surface area (Å²) in [7, 11) is 0. The van der Waals surface area contributed by atoms with E-state index >= 15 is 0 Å². The van der Waals surface area contributed by atoms with Gasteiger partial charge in [0, 0.05) is 12.0 Å². The highest BCUT2D eigenvalue weighted by atomic mass is 19.1. The molecule has 33 heavy (non-hydrogen) atoms. The van der Waals surface area contributed by atoms with Crippen molar-refractivity contribution in [3.05, 3.63) is 48.0 Å². The van der Waals surface area contributed by atoms with E-state index in [0.29, 0.717) is 23.4 Å². The van der Waals surface area contributed by atoms with Gasteiger partial charge in [0.1, 0.15) is 11.6 Å². The number of hydrazine groups is 1. The minimum Gasteiger partial charge on any atom is -0.481 e. The number of carboxylic acids is 1. The predicted molar refractivity (Wildman–Crippen MR) is 116 cm³/mol. The zero-order valence-corrected chi connectivity index (χ0v) is 18.4. The lowest BCUT2D eigenvalue weighted by atomic mass is 9.78. The lowest BCUT2D eigenvalue weighted by Crippen LogP contribution is -2.53. The molecule has 9 heteroatoms. The Balaban J connectivity index is 1.80. The first-order valence-corrected chi connectivity index (χ1v) is 11.1. The number of benzene rings is 1. The van der Waals surface area contributed by atoms with E-state index in [1.165, 1.54) is 37.3 Å². The fourth-order valence-electron chi connectivity index (χ4n) is 4.16. The standard InChI is InChI=1S/C24H27FN2O6/c1-2-21(28)27(24(32)18(14-22(29)30)15-7-4-3-5-8-15)26-23(31)20-12-11-19(33-20)16-9-6-10-17(25)13-16/h6,9-13,15,18H,2-5,7-8,14H2,1H3,(H,26,31)(H,29,30)/t18-/m0/s1. The molecule has 1 aromatic carbocycles. The molecule has 0 unspecified atom stereocenters. The van der Waals surface area contributed by atoms with Crippen LogP contribution in [0.3, 0.4) is 0 Å². The Morgan fingerprint density at radius 1 is 1.15 bits per heavy atom. The van der Waals surface area contributed by atoms with Gasteiger partial charge in [-0.1, -0.05) is 38.3 Å². The van der Waals surface area contributed by atoms with E-state index < -0.39 is 41.8 Å². The normalized spacial score (nSPS) is 15.0. The maximum atomic E-state index is 13.5. The Labute approximate surface area is 190 Å². The van der Waals surface area contributed by atoms with Gasteiger partial charge in [0.25, 0.3) is 5.91 Å². The van der Waals surface area contributed by atoms with Gasteiger partial charge in [0.2, 0.25) is 5.91 Å². The number of nitrogens with one attached hydrogen (secondary N) is 1. The minimum atomic E-state index is -1.14. The number of carbonyl (C=O) groups excluding carboxylic acids is 3. The summed E-state index contributed by atoms with van der Waals surface area (Å²) in [6, 6.07) is 8.47. The molecule has 1 heterocycles. The van der Waals surface area contributed by atoms with Crippen molar-refractivity contribution >= 4 is 23.7 Å². The van der Waals surface area contributed by atoms with E-state index in [0.717, 1.165) is 19.3 Å². The average molecular weight is 458 g/mol. The molecule has 0 radical (unpaired) electrons. The Hall–Kier alpha value is -3.49. The van der Waals surface area contributed by atoms with Gasteiger partial charge in [-0.05, 0) is 43.0 Å². The molecule has 2 aromatic rings. The third kappa shape index (κ3) is 6.06. The van der Waals surface area contributed by atoms with Crippen LogP contribution in [0.5, 0.6) is 0 Å². The van der Waals surface area contributed by atoms with Crippen LogP contribution in [0, 0.1) is 17.7 Å². The van der Waals surface area contributed by atoms with E-state index in [4.69, 9.17) is 4.42 Å². The Bertz CT molecular complexity index is 1030. The number of amides is 3. The van der Waals surface area contributed by atoms with E-state index in [1.54, 1.807) is 6.07 Å². The maximum Gasteiger partial charge on any atom is 0.305 e. The number of halogens is 1. The fourth-order valence-corrected chi connectivity index (χ4v) is 4.16. The van der Waals surface area contributed by atoms with Gasteiger partial charge >= 0.3 is 11.9 Å². The average Bonchev–Trinajstić information content (AvgIpc) is 3.31. The van der Waals surface area contributed by atoms with Crippen LogP contribution in [0.1, 0.15) is 62.4 Å². The van der Waals surface area contributed by atoms with Crippen LogP contribution in [0.15, 0.2) is 40.8 Å². The van der Waals surface area contributed by atoms with Gasteiger partial charge in [-0.25, -0.2) is 4.39 Å². The van der Waals surface area contributed by atoms with Crippen molar-refractivity contribution in [2.75, 3.05) is 0 Å². The Kier molecular flexibility index (Phi) is 7.97. The Morgan fingerprint density at radius 3 is 2.52 bits per heavy atom. The van der Waals surface area contributed by atoms with Crippen LogP contribution in [0.4, 0.5) is 4.39 Å². The molecule has 0 aliphatic heterocycles. The minimum absolute atomic E-state index is 0.0663. The molecular weight excluding hydrogens is 431 g/mol. The first-order chi connectivity index (χ1) is 15.8. The van der Waals surface area contributed by atoms with Crippen LogP contribution in [0.2, 0.25) is 0 Å². The quantitative estimate of drug-likeness (QED) is 0.602. The van der Waals surface area contributed by atoms with Gasteiger partial charge in [-0.2, -0.15) is 5.01 Å². The molecule has 3 amide bonds. The van der Waals surface area contributed by atoms with E-state index in [2.05, 4.69) is 5.43 Å². The molecule has 176 valence electrons. The van der Waals surface area contributed by atoms with E-state index in [-0.39, 0.29) is 23.9 Å². The summed E-state index contributed by atoms with van der Waals surface area (Å²) in [5.41, 5.74) is 2.71. The highest BCUT2D eigenvalue weighted by Crippen LogP contribution is 2.33. The summed E-state index contributed by atoms with van der Waals surface area (Å²) in [4.78, 5) is 50.0. The summed E-state index contributed by atoms with van der Waals surface area (Å²) in [5, 5.41) is 9.97. The molecule has 1 aliphatic carbocycles. The van der Waals surface area contributed by atoms with Crippen LogP contribution >= 0.6 is 0 Å². The first-order valence-electron chi connectivity index (χ1n) is 11.1. The number of carbonyl (C=O) groups is 4. The number of nitrogens with zero attached hydrogens (tertiary/aromatic N) is 1. The zero-order chi connectivity index (χ0) is 24.0. The van der Waals surface area contributed by atoms with E-state index in [1.807, 2.05) is 0 Å². The summed E-state index contributed by atoms with van der Waals surface area (Å²) >= 11 is 0. The van der Waals surface area contributed by atoms with Crippen LogP contribution < -0.4 is 5.43 Å². The molecule has 1 aromatic heterocycles. The molecule has 1 aliphatic rings. The Morgan fingerprint density at radius 2 is 1.88 bits per heavy atom. The smallest absolute Gasteiger partial charge is 0.305 e. The summed E-state index contributed by atoms with van der Waals surface area (Å²) in [6.07, 6.45) is 3.70. The van der Waals surface area contributed by atoms with Crippen molar-refractivity contribution in [1.82, 2.24) is 10.4 Å². The molecule has 0 spiro atoms. The fraction of sp³-hybridized carbons (Fsp3) is 0.417. The van der Waals surface area contributed by atoms with Crippen molar-refractivity contribution in [1.29, 1.82) is 0 Å². The number of hydrogen-bond acceptors (Lipinski definition) is 5. The van der Waals surface area contributed by atoms with Crippen LogP contribution in [-0.4, -0.2) is 33.8 Å². The molecule has 1 atom stereocenters. The SMILES string of the molecule is CCC(=O)N(NC(=O)c1ccc(-c2cccc(F)c2)o1)C(=O)[C@@H](CC(=O)O)C1CCCCC1. The largest absolute Gasteiger partial charge is 0.481 e. The number of aliphatic carboxylic acids is 1. The van der Waals surface area contributed by atoms with Crippen molar-refractivity contribution in [2.24, 2.45) is 11.8 Å². The van der Waals surface area contributed by atoms with Crippen molar-refractivity contribution in [3.8, 4) is 11.3 Å². The van der Waals surface area contributed by atoms with Gasteiger partial charge in [-0.15, -0.1) is 0 Å². The number of furan rings is 1. The van der Waals surface area contributed by atoms with Crippen molar-refractivity contribution < 1.29 is 33.1 Å². The third-order valence-electron chi connectivity index (χ3n) is 5.86. The summed E-state index contributed by atoms with van der Waals surface area (Å²) in [6.45, 7) is 1.54. The lowest BCUT2D eigenvalue weighted by molar-refractivity contribution is -0.155. The molecule has 3 rings (SSSR count). The topological polar surface area (TPSA) is 117 Å².